The third-order valence-electron chi connectivity index (χ3n) is 25.0. The highest BCUT2D eigenvalue weighted by atomic mass is 32.2. The molecule has 9 aromatic carbocycles. The summed E-state index contributed by atoms with van der Waals surface area (Å²) in [6.07, 6.45) is 17.8. The number of nitrogens with zero attached hydrogens (tertiary/aromatic N) is 13. The van der Waals surface area contributed by atoms with Crippen LogP contribution in [0.1, 0.15) is 105 Å². The molecule has 0 saturated carbocycles. The molecule has 0 aliphatic carbocycles. The van der Waals surface area contributed by atoms with Gasteiger partial charge in [-0.3, -0.25) is 52.4 Å². The first-order chi connectivity index (χ1) is 63.0. The topological polar surface area (TPSA) is 322 Å². The average Bonchev–Trinajstić information content (AvgIpc) is 1.15. The van der Waals surface area contributed by atoms with Crippen molar-refractivity contribution in [2.45, 2.75) is 119 Å². The van der Waals surface area contributed by atoms with Crippen LogP contribution in [-0.2, 0) is 44.6 Å². The normalized spacial score (nSPS) is 18.9. The van der Waals surface area contributed by atoms with Crippen LogP contribution >= 0.6 is 23.1 Å². The van der Waals surface area contributed by atoms with Crippen LogP contribution in [0, 0.1) is 13.8 Å². The van der Waals surface area contributed by atoms with E-state index in [-0.39, 0.29) is 60.2 Å². The van der Waals surface area contributed by atoms with Gasteiger partial charge in [0.2, 0.25) is 0 Å². The fraction of sp³-hybridized carbons (Fsp3) is 0.265. The minimum atomic E-state index is -0.732. The second kappa shape index (κ2) is 37.8. The molecule has 18 aromatic rings. The maximum atomic E-state index is 13.6. The van der Waals surface area contributed by atoms with Gasteiger partial charge in [0.05, 0.1) is 170 Å². The van der Waals surface area contributed by atoms with E-state index in [1.807, 2.05) is 184 Å². The Hall–Kier alpha value is -12.9. The highest BCUT2D eigenvalue weighted by Gasteiger charge is 2.32. The van der Waals surface area contributed by atoms with Gasteiger partial charge in [0.15, 0.2) is 0 Å². The number of hydrogen-bond acceptors (Lipinski definition) is 23. The summed E-state index contributed by atoms with van der Waals surface area (Å²) in [5, 5.41) is 53.9. The number of fused-ring (bicyclic) bond motifs is 13. The van der Waals surface area contributed by atoms with E-state index >= 15 is 0 Å². The molecule has 13 heterocycles. The van der Waals surface area contributed by atoms with E-state index < -0.39 is 30.5 Å². The highest BCUT2D eigenvalue weighted by Crippen LogP contribution is 2.37. The van der Waals surface area contributed by atoms with E-state index in [9.17, 15) is 39.6 Å². The molecule has 0 spiro atoms. The molecule has 4 N–H and O–H groups in total. The SMILES string of the molecule is CSc1ccc(Cc2cc3c(=O)n([C@H]4CCOC[C@@H]4O)cnc3c3ccccc23)cn1.Cc1cc(-c2ccc(Cc3cc4c(=O)n([C@H]5CCOC[C@@H]5O)cnc4c4ccccc34)cn2)ccn1.Cc1ccc(Cc2cc3c(=O)n([C@H]4COCC[C@@H]4O)cnc3c3ccccc23)cn1.O=c1c2cc(Cc3nc4ccccc4s3)c3ccccc3c2ncn1[C@H]1CCOC[C@@H]1O. The largest absolute Gasteiger partial charge is 0.391 e. The van der Waals surface area contributed by atoms with Gasteiger partial charge in [0, 0.05) is 96.1 Å². The van der Waals surface area contributed by atoms with Crippen molar-refractivity contribution >= 4 is 120 Å². The van der Waals surface area contributed by atoms with Crippen molar-refractivity contribution in [3.05, 3.63) is 341 Å². The number of ether oxygens (including phenoxy) is 4. The van der Waals surface area contributed by atoms with E-state index in [1.54, 1.807) is 68.3 Å². The predicted molar refractivity (Wildman–Crippen MR) is 504 cm³/mol. The third kappa shape index (κ3) is 17.7. The Morgan fingerprint density at radius 1 is 0.364 bits per heavy atom. The molecule has 0 radical (unpaired) electrons. The first-order valence-electron chi connectivity index (χ1n) is 43.4. The van der Waals surface area contributed by atoms with Crippen LogP contribution in [0.25, 0.3) is 108 Å². The molecule has 8 atom stereocenters. The molecule has 9 aromatic heterocycles. The number of para-hydroxylation sites is 1. The molecule has 4 fully saturated rings. The highest BCUT2D eigenvalue weighted by molar-refractivity contribution is 7.98. The second-order valence-corrected chi connectivity index (χ2v) is 35.2. The Labute approximate surface area is 748 Å². The van der Waals surface area contributed by atoms with Crippen molar-refractivity contribution in [3.63, 3.8) is 0 Å². The number of thioether (sulfide) groups is 1. The Morgan fingerprint density at radius 2 is 0.752 bits per heavy atom. The van der Waals surface area contributed by atoms with Crippen LogP contribution in [0.15, 0.2) is 268 Å². The Balaban J connectivity index is 0.000000112. The van der Waals surface area contributed by atoms with Gasteiger partial charge in [0.1, 0.15) is 0 Å². The number of aryl methyl sites for hydroxylation is 2. The zero-order valence-corrected chi connectivity index (χ0v) is 72.8. The summed E-state index contributed by atoms with van der Waals surface area (Å²) < 4.78 is 28.9. The lowest BCUT2D eigenvalue weighted by molar-refractivity contribution is -0.0395. The predicted octanol–water partition coefficient (Wildman–Crippen LogP) is 15.0. The summed E-state index contributed by atoms with van der Waals surface area (Å²) in [4.78, 5) is 95.2. The summed E-state index contributed by atoms with van der Waals surface area (Å²) in [5.74, 6) is 0. The Morgan fingerprint density at radius 3 is 1.14 bits per heavy atom. The summed E-state index contributed by atoms with van der Waals surface area (Å²) >= 11 is 3.29. The molecule has 4 saturated heterocycles. The molecule has 27 heteroatoms. The summed E-state index contributed by atoms with van der Waals surface area (Å²) in [6, 6.07) is 63.0. The molecule has 650 valence electrons. The molecule has 25 nitrogen and oxygen atoms in total. The maximum Gasteiger partial charge on any atom is 0.261 e. The quantitative estimate of drug-likeness (QED) is 0.0580. The number of pyridine rings is 4. The molecule has 0 unspecified atom stereocenters. The smallest absolute Gasteiger partial charge is 0.261 e. The van der Waals surface area contributed by atoms with Crippen LogP contribution in [-0.4, -0.2) is 167 Å². The van der Waals surface area contributed by atoms with E-state index in [0.717, 1.165) is 125 Å². The van der Waals surface area contributed by atoms with Crippen molar-refractivity contribution in [3.8, 4) is 11.3 Å². The van der Waals surface area contributed by atoms with Crippen LogP contribution < -0.4 is 22.2 Å². The fourth-order valence-corrected chi connectivity index (χ4v) is 19.6. The Bertz CT molecular complexity index is 7470. The van der Waals surface area contributed by atoms with Gasteiger partial charge in [-0.1, -0.05) is 127 Å². The van der Waals surface area contributed by atoms with Crippen LogP contribution in [0.5, 0.6) is 0 Å². The van der Waals surface area contributed by atoms with Gasteiger partial charge in [-0.25, -0.2) is 29.9 Å². The molecule has 0 bridgehead atoms. The molecular weight excluding hydrogens is 1660 g/mol. The molecule has 0 amide bonds. The van der Waals surface area contributed by atoms with Gasteiger partial charge in [-0.05, 0) is 192 Å². The van der Waals surface area contributed by atoms with Crippen molar-refractivity contribution in [2.75, 3.05) is 59.1 Å². The molecular formula is C102H93N13O12S2. The third-order valence-corrected chi connectivity index (χ3v) is 26.7. The lowest BCUT2D eigenvalue weighted by atomic mass is 9.96. The summed E-state index contributed by atoms with van der Waals surface area (Å²) in [5.41, 5.74) is 14.5. The zero-order valence-electron chi connectivity index (χ0n) is 71.2. The first kappa shape index (κ1) is 85.5. The van der Waals surface area contributed by atoms with E-state index in [4.69, 9.17) is 23.9 Å². The molecule has 22 rings (SSSR count). The molecule has 129 heavy (non-hydrogen) atoms. The van der Waals surface area contributed by atoms with Crippen molar-refractivity contribution in [1.82, 2.24) is 63.1 Å². The van der Waals surface area contributed by atoms with Crippen molar-refractivity contribution < 1.29 is 39.4 Å². The number of rotatable bonds is 14. The number of aromatic nitrogens is 13. The maximum absolute atomic E-state index is 13.6. The number of hydrogen-bond donors (Lipinski definition) is 4. The minimum absolute atomic E-state index is 0.126. The van der Waals surface area contributed by atoms with Crippen molar-refractivity contribution in [1.29, 1.82) is 0 Å². The number of aliphatic hydroxyl groups is 4. The summed E-state index contributed by atoms with van der Waals surface area (Å²) in [6.45, 7) is 6.99. The number of thiazole rings is 1. The van der Waals surface area contributed by atoms with Gasteiger partial charge in [0.25, 0.3) is 22.2 Å². The molecule has 4 aliphatic heterocycles. The second-order valence-electron chi connectivity index (χ2n) is 33.3. The van der Waals surface area contributed by atoms with Crippen molar-refractivity contribution in [2.24, 2.45) is 0 Å². The van der Waals surface area contributed by atoms with E-state index in [2.05, 4.69) is 88.4 Å². The van der Waals surface area contributed by atoms with E-state index in [0.29, 0.717) is 128 Å². The van der Waals surface area contributed by atoms with Crippen LogP contribution in [0.2, 0.25) is 0 Å². The minimum Gasteiger partial charge on any atom is -0.391 e. The Kier molecular flexibility index (Phi) is 25.1. The van der Waals surface area contributed by atoms with E-state index in [1.165, 1.54) is 4.57 Å². The average molecular weight is 1760 g/mol. The fourth-order valence-electron chi connectivity index (χ4n) is 18.3. The monoisotopic (exact) mass is 1760 g/mol. The van der Waals surface area contributed by atoms with Gasteiger partial charge in [-0.2, -0.15) is 0 Å². The van der Waals surface area contributed by atoms with Crippen LogP contribution in [0.4, 0.5) is 0 Å². The zero-order chi connectivity index (χ0) is 88.3. The molecule has 4 aliphatic rings. The summed E-state index contributed by atoms with van der Waals surface area (Å²) in [7, 11) is 0. The number of aliphatic hydroxyl groups excluding tert-OH is 4. The standard InChI is InChI=1S/C29H26N4O3.C25H21N3O3S.C24H23N3O3S.C24H23N3O3/c1-18-12-20(8-10-30-18)25-7-6-19(15-31-25)13-21-14-24-28(23-5-3-2-4-22(21)23)32-17-33(29(24)35)26-9-11-36-16-27(26)34;29-21-13-31-10-9-20(21)28-14-26-24-17-6-2-1-5-16(17)15(11-18(24)25(28)30)12-23-27-19-7-3-4-8-22(19)32-23;1-31-22-7-6-15(12-25-22)10-16-11-19-23(18-5-3-2-4-17(16)18)26-14-27(24(19)29)20-8-9-30-13-21(20)28;1-15-6-7-16(12-25-15)10-17-11-20-23(19-5-3-2-4-18(17)19)26-14-27(24(20)29)21-13-30-9-8-22(21)28/h2-8,10,12,14-15,17,26-27,34H,9,11,13,16H2,1H3;1-8,11,14,20-21,29H,9-10,12-13H2;2-7,11-12,14,20-21,28H,8-10,13H2,1H3;2-7,11-12,14,21-22,28H,8-10,13H2,1H3/t26-,27-;2*20-,21-;21-,22-/m0000/s1. The lowest BCUT2D eigenvalue weighted by Gasteiger charge is -2.29. The van der Waals surface area contributed by atoms with Gasteiger partial charge in [-0.15, -0.1) is 23.1 Å². The number of benzene rings is 9. The lowest BCUT2D eigenvalue weighted by Crippen LogP contribution is -2.39. The van der Waals surface area contributed by atoms with Gasteiger partial charge < -0.3 is 39.4 Å². The first-order valence-corrected chi connectivity index (χ1v) is 45.4. The van der Waals surface area contributed by atoms with Crippen LogP contribution in [0.3, 0.4) is 0 Å². The van der Waals surface area contributed by atoms with Gasteiger partial charge >= 0.3 is 0 Å².